The minimum absolute atomic E-state index is 0.00313. The van der Waals surface area contributed by atoms with E-state index in [2.05, 4.69) is 0 Å². The molecular formula is C27H31F3O4. The third kappa shape index (κ3) is 5.24. The minimum atomic E-state index is -1.12. The van der Waals surface area contributed by atoms with Crippen molar-refractivity contribution in [1.29, 1.82) is 0 Å². The number of ether oxygens (including phenoxy) is 3. The lowest BCUT2D eigenvalue weighted by Crippen LogP contribution is -2.26. The lowest BCUT2D eigenvalue weighted by Gasteiger charge is -2.29. The second-order valence-corrected chi connectivity index (χ2v) is 9.35. The molecule has 0 bridgehead atoms. The number of benzene rings is 2. The summed E-state index contributed by atoms with van der Waals surface area (Å²) in [4.78, 5) is 12.7. The standard InChI is InChI=1S/C27H31F3O4/c1-32-19-9-7-17(8-10-19)22-13-14-24(26(30)25(22)29)34-27(31)18-5-3-16(4-6-18)21-12-11-20(33-2)15-23(21)28/h11-19H,3-10H2,1-2H3. The van der Waals surface area contributed by atoms with Gasteiger partial charge < -0.3 is 14.2 Å². The van der Waals surface area contributed by atoms with Crippen LogP contribution in [0.2, 0.25) is 0 Å². The molecule has 0 heterocycles. The monoisotopic (exact) mass is 476 g/mol. The summed E-state index contributed by atoms with van der Waals surface area (Å²) in [5.74, 6) is -3.36. The van der Waals surface area contributed by atoms with Crippen molar-refractivity contribution in [3.05, 3.63) is 58.9 Å². The van der Waals surface area contributed by atoms with Gasteiger partial charge in [0.1, 0.15) is 11.6 Å². The Kier molecular flexibility index (Phi) is 7.81. The Balaban J connectivity index is 1.36. The molecule has 0 aliphatic heterocycles. The molecule has 7 heteroatoms. The Hall–Kier alpha value is -2.54. The molecule has 184 valence electrons. The minimum Gasteiger partial charge on any atom is -0.497 e. The number of carbonyl (C=O) groups is 1. The van der Waals surface area contributed by atoms with E-state index in [0.717, 1.165) is 25.7 Å². The fourth-order valence-corrected chi connectivity index (χ4v) is 5.35. The first-order valence-corrected chi connectivity index (χ1v) is 12.0. The summed E-state index contributed by atoms with van der Waals surface area (Å²) in [5, 5.41) is 0. The normalized spacial score (nSPS) is 25.1. The van der Waals surface area contributed by atoms with Gasteiger partial charge in [0.2, 0.25) is 5.82 Å². The Labute approximate surface area is 198 Å². The largest absolute Gasteiger partial charge is 0.497 e. The lowest BCUT2D eigenvalue weighted by molar-refractivity contribution is -0.140. The molecule has 0 radical (unpaired) electrons. The Bertz CT molecular complexity index is 1010. The molecule has 2 aromatic rings. The highest BCUT2D eigenvalue weighted by molar-refractivity contribution is 5.75. The van der Waals surface area contributed by atoms with E-state index in [1.165, 1.54) is 25.3 Å². The number of hydrogen-bond acceptors (Lipinski definition) is 4. The van der Waals surface area contributed by atoms with Gasteiger partial charge in [0, 0.05) is 13.2 Å². The van der Waals surface area contributed by atoms with Gasteiger partial charge in [-0.1, -0.05) is 12.1 Å². The maximum atomic E-state index is 14.8. The van der Waals surface area contributed by atoms with Crippen LogP contribution >= 0.6 is 0 Å². The highest BCUT2D eigenvalue weighted by Gasteiger charge is 2.31. The molecule has 0 N–H and O–H groups in total. The summed E-state index contributed by atoms with van der Waals surface area (Å²) in [6, 6.07) is 7.69. The molecule has 2 aromatic carbocycles. The van der Waals surface area contributed by atoms with E-state index in [1.807, 2.05) is 0 Å². The SMILES string of the molecule is COc1ccc(C2CCC(C(=O)Oc3ccc(C4CCC(OC)CC4)c(F)c3F)CC2)c(F)c1. The molecule has 0 amide bonds. The van der Waals surface area contributed by atoms with Gasteiger partial charge in [-0.3, -0.25) is 4.79 Å². The smallest absolute Gasteiger partial charge is 0.314 e. The third-order valence-corrected chi connectivity index (χ3v) is 7.44. The molecule has 34 heavy (non-hydrogen) atoms. The van der Waals surface area contributed by atoms with Crippen molar-refractivity contribution in [3.8, 4) is 11.5 Å². The molecule has 0 saturated heterocycles. The maximum absolute atomic E-state index is 14.8. The Morgan fingerprint density at radius 2 is 1.41 bits per heavy atom. The van der Waals surface area contributed by atoms with Gasteiger partial charge in [-0.25, -0.2) is 8.78 Å². The summed E-state index contributed by atoms with van der Waals surface area (Å²) in [6.07, 6.45) is 5.47. The average molecular weight is 477 g/mol. The van der Waals surface area contributed by atoms with Crippen molar-refractivity contribution in [2.45, 2.75) is 69.3 Å². The van der Waals surface area contributed by atoms with E-state index in [0.29, 0.717) is 42.6 Å². The van der Waals surface area contributed by atoms with Crippen molar-refractivity contribution < 1.29 is 32.2 Å². The van der Waals surface area contributed by atoms with Gasteiger partial charge >= 0.3 is 5.97 Å². The van der Waals surface area contributed by atoms with Crippen molar-refractivity contribution in [2.24, 2.45) is 5.92 Å². The van der Waals surface area contributed by atoms with Gasteiger partial charge in [-0.05, 0) is 86.5 Å². The van der Waals surface area contributed by atoms with Crippen LogP contribution in [0.15, 0.2) is 30.3 Å². The maximum Gasteiger partial charge on any atom is 0.314 e. The van der Waals surface area contributed by atoms with Crippen molar-refractivity contribution in [2.75, 3.05) is 14.2 Å². The summed E-state index contributed by atoms with van der Waals surface area (Å²) >= 11 is 0. The number of rotatable bonds is 6. The number of methoxy groups -OCH3 is 2. The highest BCUT2D eigenvalue weighted by Crippen LogP contribution is 2.40. The zero-order chi connectivity index (χ0) is 24.2. The number of esters is 1. The second-order valence-electron chi connectivity index (χ2n) is 9.35. The second kappa shape index (κ2) is 10.8. The van der Waals surface area contributed by atoms with Crippen LogP contribution in [0.5, 0.6) is 11.5 Å². The van der Waals surface area contributed by atoms with Crippen molar-refractivity contribution >= 4 is 5.97 Å². The molecule has 4 rings (SSSR count). The molecule has 0 unspecified atom stereocenters. The van der Waals surface area contributed by atoms with E-state index < -0.39 is 23.5 Å². The molecule has 0 atom stereocenters. The number of carbonyl (C=O) groups excluding carboxylic acids is 1. The van der Waals surface area contributed by atoms with E-state index >= 15 is 0 Å². The lowest BCUT2D eigenvalue weighted by atomic mass is 9.78. The Morgan fingerprint density at radius 3 is 2.03 bits per heavy atom. The number of halogens is 3. The van der Waals surface area contributed by atoms with E-state index in [1.54, 1.807) is 19.2 Å². The van der Waals surface area contributed by atoms with Crippen LogP contribution in [0.25, 0.3) is 0 Å². The zero-order valence-electron chi connectivity index (χ0n) is 19.6. The summed E-state index contributed by atoms with van der Waals surface area (Å²) in [7, 11) is 3.15. The van der Waals surface area contributed by atoms with E-state index in [9.17, 15) is 18.0 Å². The quantitative estimate of drug-likeness (QED) is 0.345. The van der Waals surface area contributed by atoms with E-state index in [4.69, 9.17) is 14.2 Å². The first-order chi connectivity index (χ1) is 16.4. The van der Waals surface area contributed by atoms with Crippen molar-refractivity contribution in [3.63, 3.8) is 0 Å². The Morgan fingerprint density at radius 1 is 0.794 bits per heavy atom. The fourth-order valence-electron chi connectivity index (χ4n) is 5.35. The summed E-state index contributed by atoms with van der Waals surface area (Å²) < 4.78 is 59.6. The predicted octanol–water partition coefficient (Wildman–Crippen LogP) is 6.66. The van der Waals surface area contributed by atoms with Gasteiger partial charge in [-0.15, -0.1) is 0 Å². The molecule has 0 spiro atoms. The average Bonchev–Trinajstić information content (AvgIpc) is 2.87. The molecule has 2 fully saturated rings. The van der Waals surface area contributed by atoms with Gasteiger partial charge in [0.05, 0.1) is 19.1 Å². The van der Waals surface area contributed by atoms with Gasteiger partial charge in [0.25, 0.3) is 0 Å². The molecule has 2 saturated carbocycles. The molecule has 4 nitrogen and oxygen atoms in total. The third-order valence-electron chi connectivity index (χ3n) is 7.44. The number of hydrogen-bond donors (Lipinski definition) is 0. The first kappa shape index (κ1) is 24.6. The first-order valence-electron chi connectivity index (χ1n) is 12.0. The molecule has 2 aliphatic rings. The van der Waals surface area contributed by atoms with Crippen LogP contribution in [0.1, 0.15) is 74.3 Å². The predicted molar refractivity (Wildman–Crippen MR) is 122 cm³/mol. The van der Waals surface area contributed by atoms with Crippen molar-refractivity contribution in [1.82, 2.24) is 0 Å². The fraction of sp³-hybridized carbons (Fsp3) is 0.519. The summed E-state index contributed by atoms with van der Waals surface area (Å²) in [6.45, 7) is 0. The van der Waals surface area contributed by atoms with Crippen LogP contribution in [-0.4, -0.2) is 26.3 Å². The zero-order valence-corrected chi connectivity index (χ0v) is 19.6. The van der Waals surface area contributed by atoms with Crippen LogP contribution in [0.3, 0.4) is 0 Å². The topological polar surface area (TPSA) is 44.8 Å². The van der Waals surface area contributed by atoms with Crippen LogP contribution < -0.4 is 9.47 Å². The van der Waals surface area contributed by atoms with Gasteiger partial charge in [0.15, 0.2) is 11.6 Å². The molecule has 0 aromatic heterocycles. The van der Waals surface area contributed by atoms with E-state index in [-0.39, 0.29) is 29.5 Å². The van der Waals surface area contributed by atoms with Crippen LogP contribution in [0.4, 0.5) is 13.2 Å². The highest BCUT2D eigenvalue weighted by atomic mass is 19.2. The van der Waals surface area contributed by atoms with Gasteiger partial charge in [-0.2, -0.15) is 4.39 Å². The molecular weight excluding hydrogens is 445 g/mol. The van der Waals surface area contributed by atoms with Crippen LogP contribution in [-0.2, 0) is 9.53 Å². The summed E-state index contributed by atoms with van der Waals surface area (Å²) in [5.41, 5.74) is 0.935. The van der Waals surface area contributed by atoms with Crippen LogP contribution in [0, 0.1) is 23.4 Å². The molecule has 2 aliphatic carbocycles.